The van der Waals surface area contributed by atoms with Crippen LogP contribution in [0, 0.1) is 6.92 Å². The number of hydrogen-bond acceptors (Lipinski definition) is 3. The Morgan fingerprint density at radius 3 is 2.80 bits per heavy atom. The molecule has 138 valence electrons. The average Bonchev–Trinajstić information content (AvgIpc) is 2.60. The fourth-order valence-electron chi connectivity index (χ4n) is 2.34. The van der Waals surface area contributed by atoms with E-state index in [1.165, 1.54) is 12.8 Å². The molecule has 0 aliphatic carbocycles. The summed E-state index contributed by atoms with van der Waals surface area (Å²) in [6, 6.07) is 3.73. The van der Waals surface area contributed by atoms with E-state index >= 15 is 0 Å². The van der Waals surface area contributed by atoms with Gasteiger partial charge in [0.05, 0.1) is 0 Å². The topological polar surface area (TPSA) is 69.6 Å². The SMILES string of the molecule is C=CCCCCCN(C)C(=NC)NCCC(=O)Nc1ccc(C)cn1. The smallest absolute Gasteiger partial charge is 0.227 e. The number of aromatic nitrogens is 1. The van der Waals surface area contributed by atoms with E-state index in [9.17, 15) is 4.79 Å². The second-order valence-electron chi connectivity index (χ2n) is 6.05. The molecule has 0 atom stereocenters. The molecular weight excluding hydrogens is 314 g/mol. The lowest BCUT2D eigenvalue weighted by atomic mass is 10.2. The minimum atomic E-state index is -0.0635. The van der Waals surface area contributed by atoms with Gasteiger partial charge in [0.2, 0.25) is 5.91 Å². The van der Waals surface area contributed by atoms with Crippen molar-refractivity contribution in [1.82, 2.24) is 15.2 Å². The summed E-state index contributed by atoms with van der Waals surface area (Å²) >= 11 is 0. The Kier molecular flexibility index (Phi) is 9.97. The van der Waals surface area contributed by atoms with Gasteiger partial charge in [0, 0.05) is 39.8 Å². The van der Waals surface area contributed by atoms with Gasteiger partial charge in [-0.25, -0.2) is 4.98 Å². The lowest BCUT2D eigenvalue weighted by Gasteiger charge is -2.22. The second kappa shape index (κ2) is 12.1. The molecule has 0 spiro atoms. The Morgan fingerprint density at radius 2 is 2.16 bits per heavy atom. The summed E-state index contributed by atoms with van der Waals surface area (Å²) in [5, 5.41) is 6.02. The first-order valence-electron chi connectivity index (χ1n) is 8.82. The Hall–Kier alpha value is -2.37. The maximum atomic E-state index is 12.0. The van der Waals surface area contributed by atoms with Crippen LogP contribution in [-0.4, -0.2) is 48.9 Å². The summed E-state index contributed by atoms with van der Waals surface area (Å²) in [4.78, 5) is 22.5. The second-order valence-corrected chi connectivity index (χ2v) is 6.05. The van der Waals surface area contributed by atoms with Crippen LogP contribution in [0.4, 0.5) is 5.82 Å². The molecule has 1 rings (SSSR count). The number of rotatable bonds is 10. The summed E-state index contributed by atoms with van der Waals surface area (Å²) < 4.78 is 0. The molecule has 1 aromatic rings. The molecular formula is C19H31N5O. The average molecular weight is 345 g/mol. The number of pyridine rings is 1. The van der Waals surface area contributed by atoms with Gasteiger partial charge >= 0.3 is 0 Å². The van der Waals surface area contributed by atoms with Crippen molar-refractivity contribution < 1.29 is 4.79 Å². The lowest BCUT2D eigenvalue weighted by Crippen LogP contribution is -2.40. The maximum absolute atomic E-state index is 12.0. The monoisotopic (exact) mass is 345 g/mol. The minimum Gasteiger partial charge on any atom is -0.356 e. The molecule has 1 aromatic heterocycles. The van der Waals surface area contributed by atoms with Gasteiger partial charge in [0.1, 0.15) is 5.82 Å². The molecule has 1 amide bonds. The fourth-order valence-corrected chi connectivity index (χ4v) is 2.34. The predicted octanol–water partition coefficient (Wildman–Crippen LogP) is 2.97. The third-order valence-electron chi connectivity index (χ3n) is 3.79. The van der Waals surface area contributed by atoms with E-state index in [4.69, 9.17) is 0 Å². The molecule has 0 aliphatic rings. The summed E-state index contributed by atoms with van der Waals surface area (Å²) in [5.74, 6) is 1.33. The van der Waals surface area contributed by atoms with E-state index in [1.807, 2.05) is 26.1 Å². The third-order valence-corrected chi connectivity index (χ3v) is 3.79. The molecule has 0 saturated heterocycles. The number of aliphatic imine (C=N–C) groups is 1. The predicted molar refractivity (Wildman–Crippen MR) is 105 cm³/mol. The van der Waals surface area contributed by atoms with Crippen LogP contribution < -0.4 is 10.6 Å². The van der Waals surface area contributed by atoms with Crippen LogP contribution in [0.5, 0.6) is 0 Å². The van der Waals surface area contributed by atoms with Crippen molar-refractivity contribution in [2.24, 2.45) is 4.99 Å². The van der Waals surface area contributed by atoms with Gasteiger partial charge in [-0.3, -0.25) is 9.79 Å². The number of amides is 1. The van der Waals surface area contributed by atoms with E-state index in [0.29, 0.717) is 18.8 Å². The van der Waals surface area contributed by atoms with E-state index in [0.717, 1.165) is 30.9 Å². The third kappa shape index (κ3) is 8.88. The number of allylic oxidation sites excluding steroid dienone is 1. The summed E-state index contributed by atoms with van der Waals surface area (Å²) in [6.45, 7) is 7.17. The summed E-state index contributed by atoms with van der Waals surface area (Å²) in [5.41, 5.74) is 1.07. The number of guanidine groups is 1. The Morgan fingerprint density at radius 1 is 1.36 bits per heavy atom. The normalized spacial score (nSPS) is 11.1. The van der Waals surface area contributed by atoms with Crippen molar-refractivity contribution in [3.05, 3.63) is 36.5 Å². The Labute approximate surface area is 151 Å². The van der Waals surface area contributed by atoms with Crippen molar-refractivity contribution in [3.63, 3.8) is 0 Å². The number of aryl methyl sites for hydroxylation is 1. The summed E-state index contributed by atoms with van der Waals surface area (Å²) in [7, 11) is 3.77. The number of anilines is 1. The molecule has 0 aromatic carbocycles. The van der Waals surface area contributed by atoms with Crippen LogP contribution >= 0.6 is 0 Å². The van der Waals surface area contributed by atoms with Crippen molar-refractivity contribution >= 4 is 17.7 Å². The molecule has 25 heavy (non-hydrogen) atoms. The molecule has 0 bridgehead atoms. The van der Waals surface area contributed by atoms with E-state index in [1.54, 1.807) is 19.3 Å². The number of unbranched alkanes of at least 4 members (excludes halogenated alkanes) is 3. The molecule has 2 N–H and O–H groups in total. The highest BCUT2D eigenvalue weighted by Gasteiger charge is 2.07. The van der Waals surface area contributed by atoms with Gasteiger partial charge in [0.15, 0.2) is 5.96 Å². The van der Waals surface area contributed by atoms with Crippen LogP contribution in [0.3, 0.4) is 0 Å². The minimum absolute atomic E-state index is 0.0635. The first kappa shape index (κ1) is 20.7. The molecule has 0 radical (unpaired) electrons. The number of nitrogens with one attached hydrogen (secondary N) is 2. The van der Waals surface area contributed by atoms with Gasteiger partial charge in [-0.2, -0.15) is 0 Å². The quantitative estimate of drug-likeness (QED) is 0.296. The first-order chi connectivity index (χ1) is 12.1. The number of hydrogen-bond donors (Lipinski definition) is 2. The highest BCUT2D eigenvalue weighted by atomic mass is 16.1. The standard InChI is InChI=1S/C19H31N5O/c1-5-6-7-8-9-14-24(4)19(20-3)21-13-12-18(25)23-17-11-10-16(2)15-22-17/h5,10-11,15H,1,6-9,12-14H2,2-4H3,(H,20,21)(H,22,23,25). The van der Waals surface area contributed by atoms with E-state index < -0.39 is 0 Å². The van der Waals surface area contributed by atoms with Gasteiger partial charge in [-0.15, -0.1) is 6.58 Å². The summed E-state index contributed by atoms with van der Waals surface area (Å²) in [6.07, 6.45) is 8.60. The van der Waals surface area contributed by atoms with E-state index in [2.05, 4.69) is 32.1 Å². The van der Waals surface area contributed by atoms with Gasteiger partial charge < -0.3 is 15.5 Å². The van der Waals surface area contributed by atoms with Crippen LogP contribution in [0.1, 0.15) is 37.7 Å². The van der Waals surface area contributed by atoms with Crippen molar-refractivity contribution in [2.75, 3.05) is 32.5 Å². The van der Waals surface area contributed by atoms with Crippen LogP contribution in [0.25, 0.3) is 0 Å². The van der Waals surface area contributed by atoms with Crippen molar-refractivity contribution in [3.8, 4) is 0 Å². The molecule has 0 fully saturated rings. The zero-order valence-electron chi connectivity index (χ0n) is 15.7. The van der Waals surface area contributed by atoms with Crippen molar-refractivity contribution in [1.29, 1.82) is 0 Å². The molecule has 0 saturated carbocycles. The zero-order valence-corrected chi connectivity index (χ0v) is 15.7. The number of carbonyl (C=O) groups is 1. The molecule has 0 aliphatic heterocycles. The van der Waals surface area contributed by atoms with Crippen LogP contribution in [0.2, 0.25) is 0 Å². The van der Waals surface area contributed by atoms with Crippen molar-refractivity contribution in [2.45, 2.75) is 39.0 Å². The molecule has 6 heteroatoms. The van der Waals surface area contributed by atoms with E-state index in [-0.39, 0.29) is 5.91 Å². The fraction of sp³-hybridized carbons (Fsp3) is 0.526. The lowest BCUT2D eigenvalue weighted by molar-refractivity contribution is -0.116. The first-order valence-corrected chi connectivity index (χ1v) is 8.82. The Bertz CT molecular complexity index is 553. The van der Waals surface area contributed by atoms with Crippen LogP contribution in [-0.2, 0) is 4.79 Å². The molecule has 6 nitrogen and oxygen atoms in total. The number of nitrogens with zero attached hydrogens (tertiary/aromatic N) is 3. The zero-order chi connectivity index (χ0) is 18.5. The van der Waals surface area contributed by atoms with Gasteiger partial charge in [-0.05, 0) is 37.8 Å². The van der Waals surface area contributed by atoms with Crippen LogP contribution in [0.15, 0.2) is 36.0 Å². The number of carbonyl (C=O) groups excluding carboxylic acids is 1. The molecule has 0 unspecified atom stereocenters. The Balaban J connectivity index is 2.26. The molecule has 1 heterocycles. The maximum Gasteiger partial charge on any atom is 0.227 e. The highest BCUT2D eigenvalue weighted by Crippen LogP contribution is 2.04. The van der Waals surface area contributed by atoms with Gasteiger partial charge in [0.25, 0.3) is 0 Å². The highest BCUT2D eigenvalue weighted by molar-refractivity contribution is 5.90. The largest absolute Gasteiger partial charge is 0.356 e. The van der Waals surface area contributed by atoms with Gasteiger partial charge in [-0.1, -0.05) is 18.6 Å².